The Hall–Kier alpha value is -3.67. The Bertz CT molecular complexity index is 1190. The maximum Gasteiger partial charge on any atom is 0.335 e. The van der Waals surface area contributed by atoms with Crippen molar-refractivity contribution in [3.8, 4) is 33.8 Å². The summed E-state index contributed by atoms with van der Waals surface area (Å²) in [6.07, 6.45) is 0.621. The molecule has 0 saturated carbocycles. The highest BCUT2D eigenvalue weighted by atomic mass is 16.5. The monoisotopic (exact) mass is 357 g/mol. The molecule has 0 atom stereocenters. The second kappa shape index (κ2) is 5.67. The van der Waals surface area contributed by atoms with E-state index < -0.39 is 5.97 Å². The lowest BCUT2D eigenvalue weighted by Crippen LogP contribution is -1.97. The zero-order valence-corrected chi connectivity index (χ0v) is 14.5. The first-order valence-corrected chi connectivity index (χ1v) is 8.59. The Balaban J connectivity index is 1.65. The van der Waals surface area contributed by atoms with Crippen molar-refractivity contribution in [1.29, 1.82) is 0 Å². The van der Waals surface area contributed by atoms with Crippen molar-refractivity contribution in [2.75, 3.05) is 0 Å². The lowest BCUT2D eigenvalue weighted by atomic mass is 10.00. The van der Waals surface area contributed by atoms with Crippen molar-refractivity contribution in [3.05, 3.63) is 71.0 Å². The summed E-state index contributed by atoms with van der Waals surface area (Å²) < 4.78 is 5.49. The Labute approximate surface area is 154 Å². The van der Waals surface area contributed by atoms with Gasteiger partial charge < -0.3 is 9.63 Å². The first kappa shape index (κ1) is 15.6. The number of nitrogens with zero attached hydrogens (tertiary/aromatic N) is 2. The zero-order chi connectivity index (χ0) is 18.5. The molecule has 2 aromatic heterocycles. The Morgan fingerprint density at radius 3 is 2.74 bits per heavy atom. The molecule has 4 aromatic rings. The van der Waals surface area contributed by atoms with E-state index in [0.29, 0.717) is 12.2 Å². The molecule has 2 heterocycles. The van der Waals surface area contributed by atoms with Crippen LogP contribution in [0.3, 0.4) is 0 Å². The molecule has 0 amide bonds. The van der Waals surface area contributed by atoms with Crippen LogP contribution in [-0.4, -0.2) is 26.4 Å². The highest BCUT2D eigenvalue weighted by Crippen LogP contribution is 2.43. The number of aromatic carboxylic acids is 1. The minimum absolute atomic E-state index is 0.288. The van der Waals surface area contributed by atoms with E-state index in [9.17, 15) is 9.90 Å². The molecular formula is C21H15N3O3. The van der Waals surface area contributed by atoms with E-state index in [4.69, 9.17) is 4.52 Å². The van der Waals surface area contributed by atoms with Gasteiger partial charge >= 0.3 is 5.97 Å². The number of benzene rings is 2. The second-order valence-corrected chi connectivity index (χ2v) is 6.61. The van der Waals surface area contributed by atoms with Crippen molar-refractivity contribution in [1.82, 2.24) is 15.4 Å². The number of rotatable bonds is 3. The van der Waals surface area contributed by atoms with Crippen LogP contribution >= 0.6 is 0 Å². The van der Waals surface area contributed by atoms with Crippen LogP contribution in [-0.2, 0) is 6.42 Å². The number of carboxylic acid groups (broad SMARTS) is 1. The average molecular weight is 357 g/mol. The molecule has 5 rings (SSSR count). The largest absolute Gasteiger partial charge is 0.478 e. The third-order valence-electron chi connectivity index (χ3n) is 5.00. The smallest absolute Gasteiger partial charge is 0.335 e. The van der Waals surface area contributed by atoms with Gasteiger partial charge in [-0.3, -0.25) is 5.10 Å². The first-order valence-electron chi connectivity index (χ1n) is 8.59. The van der Waals surface area contributed by atoms with Crippen LogP contribution in [0.25, 0.3) is 33.8 Å². The molecular weight excluding hydrogens is 342 g/mol. The van der Waals surface area contributed by atoms with E-state index in [1.54, 1.807) is 12.1 Å². The molecule has 0 radical (unpaired) electrons. The number of hydrogen-bond donors (Lipinski definition) is 2. The predicted octanol–water partition coefficient (Wildman–Crippen LogP) is 4.31. The topological polar surface area (TPSA) is 92.0 Å². The fourth-order valence-corrected chi connectivity index (χ4v) is 3.72. The molecule has 1 aliphatic rings. The van der Waals surface area contributed by atoms with E-state index in [0.717, 1.165) is 44.9 Å². The Morgan fingerprint density at radius 2 is 1.96 bits per heavy atom. The number of aryl methyl sites for hydroxylation is 1. The van der Waals surface area contributed by atoms with Gasteiger partial charge in [0.2, 0.25) is 0 Å². The van der Waals surface area contributed by atoms with Crippen LogP contribution in [0.1, 0.15) is 27.2 Å². The standard InChI is InChI=1S/C21H15N3O3/c1-11-17(18(24-27-11)12-5-3-2-4-6-12)20-16-10-14-9-13(21(25)26)7-8-15(14)19(16)22-23-20/h2-9H,10H2,1H3,(H,22,23)(H,25,26). The zero-order valence-electron chi connectivity index (χ0n) is 14.5. The van der Waals surface area contributed by atoms with Crippen molar-refractivity contribution in [3.63, 3.8) is 0 Å². The van der Waals surface area contributed by atoms with E-state index in [2.05, 4.69) is 15.4 Å². The molecule has 1 aliphatic carbocycles. The van der Waals surface area contributed by atoms with Gasteiger partial charge in [-0.1, -0.05) is 41.6 Å². The van der Waals surface area contributed by atoms with Gasteiger partial charge in [0.15, 0.2) is 0 Å². The molecule has 6 heteroatoms. The normalized spacial score (nSPS) is 12.0. The van der Waals surface area contributed by atoms with Crippen molar-refractivity contribution >= 4 is 5.97 Å². The molecule has 6 nitrogen and oxygen atoms in total. The first-order chi connectivity index (χ1) is 13.1. The number of carboxylic acids is 1. The van der Waals surface area contributed by atoms with Crippen LogP contribution in [0.5, 0.6) is 0 Å². The minimum Gasteiger partial charge on any atom is -0.478 e. The molecule has 0 unspecified atom stereocenters. The van der Waals surface area contributed by atoms with E-state index in [-0.39, 0.29) is 5.56 Å². The van der Waals surface area contributed by atoms with Gasteiger partial charge in [-0.25, -0.2) is 4.79 Å². The second-order valence-electron chi connectivity index (χ2n) is 6.61. The van der Waals surface area contributed by atoms with Crippen LogP contribution in [0, 0.1) is 6.92 Å². The van der Waals surface area contributed by atoms with Gasteiger partial charge in [-0.05, 0) is 24.6 Å². The maximum atomic E-state index is 11.3. The summed E-state index contributed by atoms with van der Waals surface area (Å²) in [5, 5.41) is 21.1. The molecule has 2 N–H and O–H groups in total. The van der Waals surface area contributed by atoms with Crippen LogP contribution in [0.4, 0.5) is 0 Å². The minimum atomic E-state index is -0.926. The highest BCUT2D eigenvalue weighted by molar-refractivity contribution is 5.91. The molecule has 0 fully saturated rings. The lowest BCUT2D eigenvalue weighted by Gasteiger charge is -2.03. The van der Waals surface area contributed by atoms with Gasteiger partial charge in [0.25, 0.3) is 0 Å². The van der Waals surface area contributed by atoms with Crippen molar-refractivity contribution in [2.45, 2.75) is 13.3 Å². The molecule has 0 saturated heterocycles. The van der Waals surface area contributed by atoms with Crippen LogP contribution < -0.4 is 0 Å². The lowest BCUT2D eigenvalue weighted by molar-refractivity contribution is 0.0697. The quantitative estimate of drug-likeness (QED) is 0.502. The molecule has 2 aromatic carbocycles. The third kappa shape index (κ3) is 2.30. The summed E-state index contributed by atoms with van der Waals surface area (Å²) in [4.78, 5) is 11.3. The predicted molar refractivity (Wildman–Crippen MR) is 99.5 cm³/mol. The molecule has 0 bridgehead atoms. The summed E-state index contributed by atoms with van der Waals surface area (Å²) >= 11 is 0. The summed E-state index contributed by atoms with van der Waals surface area (Å²) in [5.74, 6) is -0.215. The van der Waals surface area contributed by atoms with Gasteiger partial charge in [-0.15, -0.1) is 0 Å². The fraction of sp³-hybridized carbons (Fsp3) is 0.0952. The third-order valence-corrected chi connectivity index (χ3v) is 5.00. The number of hydrogen-bond acceptors (Lipinski definition) is 4. The SMILES string of the molecule is Cc1onc(-c2ccccc2)c1-c1[nH]nc2c1Cc1cc(C(=O)O)ccc1-2. The highest BCUT2D eigenvalue weighted by Gasteiger charge is 2.29. The molecule has 27 heavy (non-hydrogen) atoms. The number of aromatic amines is 1. The van der Waals surface area contributed by atoms with Gasteiger partial charge in [-0.2, -0.15) is 5.10 Å². The van der Waals surface area contributed by atoms with Crippen molar-refractivity contribution in [2.24, 2.45) is 0 Å². The average Bonchev–Trinajstić information content (AvgIpc) is 3.35. The summed E-state index contributed by atoms with van der Waals surface area (Å²) in [6.45, 7) is 1.88. The van der Waals surface area contributed by atoms with E-state index in [1.807, 2.05) is 43.3 Å². The van der Waals surface area contributed by atoms with Crippen molar-refractivity contribution < 1.29 is 14.4 Å². The van der Waals surface area contributed by atoms with Gasteiger partial charge in [0.05, 0.1) is 22.5 Å². The van der Waals surface area contributed by atoms with E-state index in [1.165, 1.54) is 0 Å². The summed E-state index contributed by atoms with van der Waals surface area (Å²) in [5.41, 5.74) is 7.61. The molecule has 132 valence electrons. The van der Waals surface area contributed by atoms with Crippen LogP contribution in [0.2, 0.25) is 0 Å². The Kier molecular flexibility index (Phi) is 3.27. The van der Waals surface area contributed by atoms with Gasteiger partial charge in [0, 0.05) is 23.1 Å². The Morgan fingerprint density at radius 1 is 1.15 bits per heavy atom. The number of fused-ring (bicyclic) bond motifs is 3. The van der Waals surface area contributed by atoms with E-state index >= 15 is 0 Å². The maximum absolute atomic E-state index is 11.3. The fourth-order valence-electron chi connectivity index (χ4n) is 3.72. The molecule has 0 aliphatic heterocycles. The van der Waals surface area contributed by atoms with Gasteiger partial charge in [0.1, 0.15) is 11.5 Å². The number of aromatic nitrogens is 3. The summed E-state index contributed by atoms with van der Waals surface area (Å²) in [6, 6.07) is 15.0. The summed E-state index contributed by atoms with van der Waals surface area (Å²) in [7, 11) is 0. The number of nitrogens with one attached hydrogen (secondary N) is 1. The number of H-pyrrole nitrogens is 1. The van der Waals surface area contributed by atoms with Crippen LogP contribution in [0.15, 0.2) is 53.1 Å². The molecule has 0 spiro atoms. The number of carbonyl (C=O) groups is 1.